The number of anilines is 1. The van der Waals surface area contributed by atoms with Crippen molar-refractivity contribution in [3.8, 4) is 0 Å². The van der Waals surface area contributed by atoms with Gasteiger partial charge in [0, 0.05) is 7.05 Å². The molecule has 17 heavy (non-hydrogen) atoms. The first kappa shape index (κ1) is 13.4. The van der Waals surface area contributed by atoms with Gasteiger partial charge in [-0.25, -0.2) is 14.6 Å². The Morgan fingerprint density at radius 3 is 2.59 bits per heavy atom. The molecule has 0 unspecified atom stereocenters. The topological polar surface area (TPSA) is 77.5 Å². The van der Waals surface area contributed by atoms with Gasteiger partial charge in [0.2, 0.25) is 0 Å². The quantitative estimate of drug-likeness (QED) is 0.818. The minimum absolute atomic E-state index is 0.380. The van der Waals surface area contributed by atoms with Gasteiger partial charge in [-0.1, -0.05) is 11.3 Å². The van der Waals surface area contributed by atoms with E-state index in [1.165, 1.54) is 25.4 Å². The average Bonchev–Trinajstić information content (AvgIpc) is 2.69. The van der Waals surface area contributed by atoms with Crippen molar-refractivity contribution in [2.75, 3.05) is 19.5 Å². The van der Waals surface area contributed by atoms with Crippen molar-refractivity contribution in [2.24, 2.45) is 0 Å². The molecular formula is C10H14N2O4S. The fourth-order valence-corrected chi connectivity index (χ4v) is 1.92. The lowest BCUT2D eigenvalue weighted by atomic mass is 10.4. The monoisotopic (exact) mass is 258 g/mol. The molecule has 1 heterocycles. The standard InChI is InChI=1S/C10H14N2O4S/c1-5-7(17-10(11-3)12-5)9(14)16-6(2)8(13)15-4/h6H,1-4H3,(H,11,12)/t6-/m1/s1. The second-order valence-electron chi connectivity index (χ2n) is 3.25. The lowest BCUT2D eigenvalue weighted by molar-refractivity contribution is -0.149. The van der Waals surface area contributed by atoms with E-state index in [0.29, 0.717) is 15.7 Å². The minimum Gasteiger partial charge on any atom is -0.466 e. The van der Waals surface area contributed by atoms with Gasteiger partial charge in [-0.2, -0.15) is 0 Å². The van der Waals surface area contributed by atoms with Crippen LogP contribution in [-0.2, 0) is 14.3 Å². The van der Waals surface area contributed by atoms with E-state index in [1.54, 1.807) is 14.0 Å². The number of thiazole rings is 1. The second kappa shape index (κ2) is 5.62. The Bertz CT molecular complexity index is 430. The number of esters is 2. The first-order chi connectivity index (χ1) is 7.99. The van der Waals surface area contributed by atoms with Gasteiger partial charge in [-0.05, 0) is 13.8 Å². The van der Waals surface area contributed by atoms with Crippen LogP contribution in [0.15, 0.2) is 0 Å². The van der Waals surface area contributed by atoms with Crippen LogP contribution in [0.1, 0.15) is 22.3 Å². The summed E-state index contributed by atoms with van der Waals surface area (Å²) in [5.74, 6) is -1.16. The maximum absolute atomic E-state index is 11.7. The van der Waals surface area contributed by atoms with E-state index in [1.807, 2.05) is 0 Å². The molecule has 0 aliphatic rings. The molecule has 7 heteroatoms. The smallest absolute Gasteiger partial charge is 0.351 e. The fraction of sp³-hybridized carbons (Fsp3) is 0.500. The third-order valence-electron chi connectivity index (χ3n) is 2.01. The summed E-state index contributed by atoms with van der Waals surface area (Å²) >= 11 is 1.18. The normalized spacial score (nSPS) is 11.8. The van der Waals surface area contributed by atoms with Crippen LogP contribution in [0.2, 0.25) is 0 Å². The highest BCUT2D eigenvalue weighted by Gasteiger charge is 2.22. The van der Waals surface area contributed by atoms with Gasteiger partial charge in [-0.3, -0.25) is 0 Å². The number of aromatic nitrogens is 1. The number of hydrogen-bond donors (Lipinski definition) is 1. The van der Waals surface area contributed by atoms with Crippen LogP contribution in [0.4, 0.5) is 5.13 Å². The van der Waals surface area contributed by atoms with Gasteiger partial charge in [0.25, 0.3) is 0 Å². The van der Waals surface area contributed by atoms with Crippen LogP contribution >= 0.6 is 11.3 Å². The summed E-state index contributed by atoms with van der Waals surface area (Å²) in [5, 5.41) is 3.46. The predicted molar refractivity (Wildman–Crippen MR) is 63.3 cm³/mol. The van der Waals surface area contributed by atoms with Gasteiger partial charge in [-0.15, -0.1) is 0 Å². The van der Waals surface area contributed by atoms with Gasteiger partial charge >= 0.3 is 11.9 Å². The van der Waals surface area contributed by atoms with Crippen LogP contribution in [-0.4, -0.2) is 37.2 Å². The molecular weight excluding hydrogens is 244 g/mol. The van der Waals surface area contributed by atoms with E-state index in [-0.39, 0.29) is 0 Å². The third-order valence-corrected chi connectivity index (χ3v) is 3.17. The Morgan fingerprint density at radius 1 is 1.47 bits per heavy atom. The number of ether oxygens (including phenoxy) is 2. The molecule has 1 rings (SSSR count). The molecule has 1 N–H and O–H groups in total. The van der Waals surface area contributed by atoms with Crippen LogP contribution in [0.5, 0.6) is 0 Å². The van der Waals surface area contributed by atoms with E-state index < -0.39 is 18.0 Å². The minimum atomic E-state index is -0.924. The zero-order valence-corrected chi connectivity index (χ0v) is 10.9. The number of carbonyl (C=O) groups is 2. The summed E-state index contributed by atoms with van der Waals surface area (Å²) < 4.78 is 9.42. The number of nitrogens with one attached hydrogen (secondary N) is 1. The second-order valence-corrected chi connectivity index (χ2v) is 4.25. The van der Waals surface area contributed by atoms with Gasteiger partial charge in [0.1, 0.15) is 4.88 Å². The van der Waals surface area contributed by atoms with Crippen molar-refractivity contribution in [1.82, 2.24) is 4.98 Å². The highest BCUT2D eigenvalue weighted by atomic mass is 32.1. The highest BCUT2D eigenvalue weighted by Crippen LogP contribution is 2.23. The Kier molecular flexibility index (Phi) is 4.45. The van der Waals surface area contributed by atoms with Gasteiger partial charge in [0.05, 0.1) is 12.8 Å². The van der Waals surface area contributed by atoms with E-state index in [0.717, 1.165) is 0 Å². The lowest BCUT2D eigenvalue weighted by Gasteiger charge is -2.09. The zero-order chi connectivity index (χ0) is 13.0. The molecule has 0 amide bonds. The summed E-state index contributed by atoms with van der Waals surface area (Å²) in [6, 6.07) is 0. The molecule has 0 radical (unpaired) electrons. The summed E-state index contributed by atoms with van der Waals surface area (Å²) in [6.07, 6.45) is -0.924. The largest absolute Gasteiger partial charge is 0.466 e. The average molecular weight is 258 g/mol. The summed E-state index contributed by atoms with van der Waals surface area (Å²) in [4.78, 5) is 27.3. The van der Waals surface area contributed by atoms with Gasteiger partial charge in [0.15, 0.2) is 11.2 Å². The van der Waals surface area contributed by atoms with Crippen LogP contribution in [0.25, 0.3) is 0 Å². The van der Waals surface area contributed by atoms with Crippen LogP contribution < -0.4 is 5.32 Å². The van der Waals surface area contributed by atoms with Gasteiger partial charge < -0.3 is 14.8 Å². The maximum atomic E-state index is 11.7. The number of rotatable bonds is 4. The zero-order valence-electron chi connectivity index (χ0n) is 10.1. The van der Waals surface area contributed by atoms with E-state index in [9.17, 15) is 9.59 Å². The van der Waals surface area contributed by atoms with Crippen molar-refractivity contribution in [2.45, 2.75) is 20.0 Å². The van der Waals surface area contributed by atoms with E-state index >= 15 is 0 Å². The lowest BCUT2D eigenvalue weighted by Crippen LogP contribution is -2.25. The van der Waals surface area contributed by atoms with Crippen molar-refractivity contribution >= 4 is 28.4 Å². The van der Waals surface area contributed by atoms with Crippen LogP contribution in [0, 0.1) is 6.92 Å². The molecule has 1 aromatic rings. The number of aryl methyl sites for hydroxylation is 1. The summed E-state index contributed by atoms with van der Waals surface area (Å²) in [5.41, 5.74) is 0.571. The molecule has 0 saturated carbocycles. The van der Waals surface area contributed by atoms with Crippen molar-refractivity contribution < 1.29 is 19.1 Å². The van der Waals surface area contributed by atoms with Crippen molar-refractivity contribution in [1.29, 1.82) is 0 Å². The summed E-state index contributed by atoms with van der Waals surface area (Å²) in [7, 11) is 2.95. The number of hydrogen-bond acceptors (Lipinski definition) is 7. The molecule has 6 nitrogen and oxygen atoms in total. The molecule has 0 fully saturated rings. The van der Waals surface area contributed by atoms with Crippen LogP contribution in [0.3, 0.4) is 0 Å². The number of methoxy groups -OCH3 is 1. The first-order valence-corrected chi connectivity index (χ1v) is 5.75. The molecule has 0 aliphatic carbocycles. The highest BCUT2D eigenvalue weighted by molar-refractivity contribution is 7.17. The molecule has 0 aromatic carbocycles. The molecule has 0 spiro atoms. The SMILES string of the molecule is CNc1nc(C)c(C(=O)O[C@H](C)C(=O)OC)s1. The Balaban J connectivity index is 2.76. The molecule has 0 saturated heterocycles. The Hall–Kier alpha value is -1.63. The number of nitrogens with zero attached hydrogens (tertiary/aromatic N) is 1. The first-order valence-electron chi connectivity index (χ1n) is 4.93. The van der Waals surface area contributed by atoms with Crippen molar-refractivity contribution in [3.05, 3.63) is 10.6 Å². The summed E-state index contributed by atoms with van der Waals surface area (Å²) in [6.45, 7) is 3.16. The molecule has 0 bridgehead atoms. The van der Waals surface area contributed by atoms with E-state index in [4.69, 9.17) is 4.74 Å². The Labute approximate surface area is 103 Å². The molecule has 1 aromatic heterocycles. The fourth-order valence-electron chi connectivity index (χ4n) is 1.12. The maximum Gasteiger partial charge on any atom is 0.351 e. The Morgan fingerprint density at radius 2 is 2.12 bits per heavy atom. The number of carbonyl (C=O) groups excluding carboxylic acids is 2. The third kappa shape index (κ3) is 3.16. The molecule has 1 atom stereocenters. The van der Waals surface area contributed by atoms with E-state index in [2.05, 4.69) is 15.0 Å². The van der Waals surface area contributed by atoms with Crippen molar-refractivity contribution in [3.63, 3.8) is 0 Å². The molecule has 94 valence electrons. The predicted octanol–water partition coefficient (Wildman–Crippen LogP) is 1.21. The molecule has 0 aliphatic heterocycles.